The van der Waals surface area contributed by atoms with Crippen LogP contribution < -0.4 is 10.3 Å². The predicted molar refractivity (Wildman–Crippen MR) is 98.6 cm³/mol. The van der Waals surface area contributed by atoms with Crippen molar-refractivity contribution in [2.45, 2.75) is 31.7 Å². The van der Waals surface area contributed by atoms with Gasteiger partial charge in [-0.25, -0.2) is 12.8 Å². The fraction of sp³-hybridized carbons (Fsp3) is 0.211. The van der Waals surface area contributed by atoms with Crippen LogP contribution in [-0.4, -0.2) is 13.0 Å². The predicted octanol–water partition coefficient (Wildman–Crippen LogP) is 3.11. The van der Waals surface area contributed by atoms with Crippen LogP contribution in [0.1, 0.15) is 16.7 Å². The van der Waals surface area contributed by atoms with E-state index in [9.17, 15) is 17.6 Å². The van der Waals surface area contributed by atoms with Crippen LogP contribution in [-0.2, 0) is 23.0 Å². The van der Waals surface area contributed by atoms with E-state index in [0.29, 0.717) is 13.0 Å². The fourth-order valence-corrected chi connectivity index (χ4v) is 4.66. The molecule has 0 amide bonds. The van der Waals surface area contributed by atoms with Crippen molar-refractivity contribution >= 4 is 26.6 Å². The van der Waals surface area contributed by atoms with Gasteiger partial charge in [0.2, 0.25) is 0 Å². The van der Waals surface area contributed by atoms with E-state index in [1.807, 2.05) is 0 Å². The lowest BCUT2D eigenvalue weighted by atomic mass is 10.1. The van der Waals surface area contributed by atoms with Gasteiger partial charge in [-0.05, 0) is 55.7 Å². The first-order chi connectivity index (χ1) is 12.3. The number of aromatic nitrogens is 1. The van der Waals surface area contributed by atoms with Crippen LogP contribution in [0.3, 0.4) is 0 Å². The molecule has 0 saturated heterocycles. The van der Waals surface area contributed by atoms with E-state index in [4.69, 9.17) is 0 Å². The summed E-state index contributed by atoms with van der Waals surface area (Å²) in [6.45, 7) is 3.87. The van der Waals surface area contributed by atoms with Crippen LogP contribution in [0.2, 0.25) is 0 Å². The zero-order valence-electron chi connectivity index (χ0n) is 14.3. The summed E-state index contributed by atoms with van der Waals surface area (Å²) >= 11 is 0. The molecule has 0 spiro atoms. The van der Waals surface area contributed by atoms with E-state index in [2.05, 4.69) is 4.72 Å². The second kappa shape index (κ2) is 5.67. The molecule has 0 unspecified atom stereocenters. The Morgan fingerprint density at radius 1 is 1.15 bits per heavy atom. The summed E-state index contributed by atoms with van der Waals surface area (Å²) in [7, 11) is -3.88. The molecule has 7 heteroatoms. The Hall–Kier alpha value is -2.67. The number of anilines is 1. The van der Waals surface area contributed by atoms with Crippen LogP contribution in [0.15, 0.2) is 46.1 Å². The molecular formula is C19H17FN2O3S. The van der Waals surface area contributed by atoms with E-state index >= 15 is 0 Å². The second-order valence-corrected chi connectivity index (χ2v) is 8.25. The molecule has 2 aromatic carbocycles. The van der Waals surface area contributed by atoms with E-state index < -0.39 is 15.8 Å². The van der Waals surface area contributed by atoms with Gasteiger partial charge >= 0.3 is 0 Å². The molecule has 0 atom stereocenters. The van der Waals surface area contributed by atoms with Crippen molar-refractivity contribution in [3.63, 3.8) is 0 Å². The monoisotopic (exact) mass is 372 g/mol. The number of sulfonamides is 1. The van der Waals surface area contributed by atoms with Crippen molar-refractivity contribution in [2.24, 2.45) is 0 Å². The van der Waals surface area contributed by atoms with Crippen LogP contribution in [0.4, 0.5) is 10.1 Å². The van der Waals surface area contributed by atoms with Gasteiger partial charge in [-0.3, -0.25) is 9.52 Å². The van der Waals surface area contributed by atoms with Gasteiger partial charge in [0.1, 0.15) is 5.82 Å². The number of hydrogen-bond donors (Lipinski definition) is 1. The molecule has 0 bridgehead atoms. The third-order valence-electron chi connectivity index (χ3n) is 4.89. The molecule has 0 saturated carbocycles. The van der Waals surface area contributed by atoms with E-state index in [1.165, 1.54) is 31.2 Å². The molecule has 5 nitrogen and oxygen atoms in total. The van der Waals surface area contributed by atoms with Gasteiger partial charge in [-0.15, -0.1) is 0 Å². The average molecular weight is 372 g/mol. The molecule has 134 valence electrons. The van der Waals surface area contributed by atoms with E-state index in [1.54, 1.807) is 23.6 Å². The lowest BCUT2D eigenvalue weighted by Crippen LogP contribution is -2.18. The third-order valence-corrected chi connectivity index (χ3v) is 6.24. The number of hydrogen-bond acceptors (Lipinski definition) is 3. The Balaban J connectivity index is 1.87. The highest BCUT2D eigenvalue weighted by Gasteiger charge is 2.23. The van der Waals surface area contributed by atoms with Crippen molar-refractivity contribution in [1.29, 1.82) is 0 Å². The molecule has 0 radical (unpaired) electrons. The van der Waals surface area contributed by atoms with Gasteiger partial charge in [-0.1, -0.05) is 6.07 Å². The minimum atomic E-state index is -3.88. The zero-order valence-corrected chi connectivity index (χ0v) is 15.2. The molecule has 2 heterocycles. The molecule has 0 aliphatic carbocycles. The molecule has 1 aliphatic rings. The Labute approximate surface area is 150 Å². The topological polar surface area (TPSA) is 68.2 Å². The summed E-state index contributed by atoms with van der Waals surface area (Å²) in [4.78, 5) is 12.2. The first kappa shape index (κ1) is 16.8. The van der Waals surface area contributed by atoms with Crippen LogP contribution in [0, 0.1) is 19.7 Å². The van der Waals surface area contributed by atoms with E-state index in [0.717, 1.165) is 22.0 Å². The Morgan fingerprint density at radius 2 is 1.92 bits per heavy atom. The van der Waals surface area contributed by atoms with Crippen LogP contribution in [0.5, 0.6) is 0 Å². The summed E-state index contributed by atoms with van der Waals surface area (Å²) in [5.41, 5.74) is 2.76. The van der Waals surface area contributed by atoms with Crippen LogP contribution in [0.25, 0.3) is 10.9 Å². The number of rotatable bonds is 3. The fourth-order valence-electron chi connectivity index (χ4n) is 3.46. The minimum absolute atomic E-state index is 0.0714. The van der Waals surface area contributed by atoms with E-state index in [-0.39, 0.29) is 21.7 Å². The molecule has 1 aromatic heterocycles. The van der Waals surface area contributed by atoms with Gasteiger partial charge in [0, 0.05) is 23.6 Å². The smallest absolute Gasteiger partial charge is 0.261 e. The number of pyridine rings is 1. The lowest BCUT2D eigenvalue weighted by Gasteiger charge is -2.13. The Kier molecular flexibility index (Phi) is 3.66. The lowest BCUT2D eigenvalue weighted by molar-refractivity contribution is 0.600. The van der Waals surface area contributed by atoms with Gasteiger partial charge < -0.3 is 4.57 Å². The number of nitrogens with zero attached hydrogens (tertiary/aromatic N) is 1. The van der Waals surface area contributed by atoms with Crippen molar-refractivity contribution < 1.29 is 12.8 Å². The Bertz CT molecular complexity index is 1230. The molecule has 1 N–H and O–H groups in total. The second-order valence-electron chi connectivity index (χ2n) is 6.56. The largest absolute Gasteiger partial charge is 0.308 e. The minimum Gasteiger partial charge on any atom is -0.308 e. The summed E-state index contributed by atoms with van der Waals surface area (Å²) in [6, 6.07) is 8.97. The van der Waals surface area contributed by atoms with Gasteiger partial charge in [0.15, 0.2) is 0 Å². The molecule has 0 fully saturated rings. The highest BCUT2D eigenvalue weighted by Crippen LogP contribution is 2.30. The number of benzene rings is 2. The summed E-state index contributed by atoms with van der Waals surface area (Å²) in [6.07, 6.45) is 0.609. The molecule has 26 heavy (non-hydrogen) atoms. The number of nitrogens with one attached hydrogen (secondary N) is 1. The quantitative estimate of drug-likeness (QED) is 0.768. The normalized spacial score (nSPS) is 13.3. The average Bonchev–Trinajstić information content (AvgIpc) is 3.01. The third kappa shape index (κ3) is 2.50. The molecule has 3 aromatic rings. The summed E-state index contributed by atoms with van der Waals surface area (Å²) in [5, 5.41) is 0.746. The number of aryl methyl sites for hydroxylation is 3. The SMILES string of the molecule is Cc1c(F)cccc1NS(=O)(=O)c1cc2c3c(c1)c(C)cc(=O)n3CC2. The van der Waals surface area contributed by atoms with Crippen molar-refractivity contribution in [2.75, 3.05) is 4.72 Å². The maximum atomic E-state index is 13.7. The number of halogens is 1. The first-order valence-corrected chi connectivity index (χ1v) is 9.71. The van der Waals surface area contributed by atoms with Crippen molar-refractivity contribution in [1.82, 2.24) is 4.57 Å². The van der Waals surface area contributed by atoms with Crippen molar-refractivity contribution in [3.8, 4) is 0 Å². The van der Waals surface area contributed by atoms with Gasteiger partial charge in [0.25, 0.3) is 15.6 Å². The first-order valence-electron chi connectivity index (χ1n) is 8.23. The Morgan fingerprint density at radius 3 is 2.69 bits per heavy atom. The molecule has 1 aliphatic heterocycles. The highest BCUT2D eigenvalue weighted by molar-refractivity contribution is 7.92. The zero-order chi connectivity index (χ0) is 18.6. The van der Waals surface area contributed by atoms with Gasteiger partial charge in [-0.2, -0.15) is 0 Å². The van der Waals surface area contributed by atoms with Gasteiger partial charge in [0.05, 0.1) is 16.1 Å². The summed E-state index contributed by atoms with van der Waals surface area (Å²) < 4.78 is 43.6. The van der Waals surface area contributed by atoms with Crippen molar-refractivity contribution in [3.05, 3.63) is 69.3 Å². The maximum absolute atomic E-state index is 13.7. The maximum Gasteiger partial charge on any atom is 0.261 e. The molecular weight excluding hydrogens is 355 g/mol. The highest BCUT2D eigenvalue weighted by atomic mass is 32.2. The standard InChI is InChI=1S/C19H17FN2O3S/c1-11-8-18(23)22-7-6-13-9-14(10-15(11)19(13)22)26(24,25)21-17-5-3-4-16(20)12(17)2/h3-5,8-10,21H,6-7H2,1-2H3. The molecule has 4 rings (SSSR count). The summed E-state index contributed by atoms with van der Waals surface area (Å²) in [5.74, 6) is -0.470. The van der Waals surface area contributed by atoms with Crippen LogP contribution >= 0.6 is 0 Å².